The smallest absolute Gasteiger partial charge is 0.311 e. The summed E-state index contributed by atoms with van der Waals surface area (Å²) in [5.74, 6) is -1.49. The molecule has 90 valence electrons. The van der Waals surface area contributed by atoms with Crippen molar-refractivity contribution in [1.29, 1.82) is 0 Å². The van der Waals surface area contributed by atoms with Gasteiger partial charge in [-0.3, -0.25) is 9.59 Å². The molecule has 0 rings (SSSR count). The molecule has 5 nitrogen and oxygen atoms in total. The fourth-order valence-electron chi connectivity index (χ4n) is 0.917. The minimum absolute atomic E-state index is 0.526. The molecule has 0 aliphatic rings. The zero-order chi connectivity index (χ0) is 12.3. The van der Waals surface area contributed by atoms with Crippen molar-refractivity contribution in [2.75, 3.05) is 26.2 Å². The Labute approximate surface area is 92.0 Å². The third kappa shape index (κ3) is 9.21. The van der Waals surface area contributed by atoms with Gasteiger partial charge in [0.15, 0.2) is 0 Å². The predicted octanol–water partition coefficient (Wildman–Crippen LogP) is -0.0441. The number of rotatable bonds is 4. The highest BCUT2D eigenvalue weighted by Gasteiger charge is 2.14. The molecule has 0 unspecified atom stereocenters. The van der Waals surface area contributed by atoms with Crippen LogP contribution in [0.25, 0.3) is 0 Å². The van der Waals surface area contributed by atoms with Gasteiger partial charge in [0.1, 0.15) is 0 Å². The van der Waals surface area contributed by atoms with Crippen molar-refractivity contribution >= 4 is 11.8 Å². The number of amides is 2. The van der Waals surface area contributed by atoms with Gasteiger partial charge >= 0.3 is 11.8 Å². The van der Waals surface area contributed by atoms with E-state index in [0.717, 1.165) is 13.1 Å². The highest BCUT2D eigenvalue weighted by atomic mass is 16.2. The quantitative estimate of drug-likeness (QED) is 0.649. The summed E-state index contributed by atoms with van der Waals surface area (Å²) < 4.78 is 0. The van der Waals surface area contributed by atoms with Crippen LogP contribution in [0.2, 0.25) is 0 Å². The molecule has 0 aliphatic heterocycles. The van der Waals surface area contributed by atoms with Crippen molar-refractivity contribution in [3.05, 3.63) is 0 Å². The maximum Gasteiger partial charge on any atom is 0.311 e. The van der Waals surface area contributed by atoms with Gasteiger partial charge in [-0.05, 0) is 26.9 Å². The van der Waals surface area contributed by atoms with E-state index in [0.29, 0.717) is 13.1 Å². The van der Waals surface area contributed by atoms with Crippen molar-refractivity contribution in [3.63, 3.8) is 0 Å². The van der Waals surface area contributed by atoms with E-state index in [1.54, 1.807) is 13.8 Å². The molecule has 0 saturated heterocycles. The third-order valence-electron chi connectivity index (χ3n) is 1.76. The maximum absolute atomic E-state index is 10.8. The molecule has 0 atom stereocenters. The molecule has 0 aromatic carbocycles. The molecule has 0 aromatic rings. The van der Waals surface area contributed by atoms with Crippen LogP contribution in [0.1, 0.15) is 27.7 Å². The molecule has 3 N–H and O–H groups in total. The lowest BCUT2D eigenvalue weighted by Gasteiger charge is -2.15. The fourth-order valence-corrected chi connectivity index (χ4v) is 0.917. The van der Waals surface area contributed by atoms with E-state index in [1.807, 2.05) is 0 Å². The van der Waals surface area contributed by atoms with Gasteiger partial charge < -0.3 is 16.0 Å². The van der Waals surface area contributed by atoms with Crippen molar-refractivity contribution in [2.24, 2.45) is 5.73 Å². The first-order valence-electron chi connectivity index (χ1n) is 5.34. The van der Waals surface area contributed by atoms with Crippen LogP contribution in [0.3, 0.4) is 0 Å². The molecule has 15 heavy (non-hydrogen) atoms. The van der Waals surface area contributed by atoms with Crippen molar-refractivity contribution in [2.45, 2.75) is 27.7 Å². The SMILES string of the molecule is CCN(CC)C(=O)C(N)=O.CCNCC. The lowest BCUT2D eigenvalue weighted by Crippen LogP contribution is -2.39. The van der Waals surface area contributed by atoms with E-state index < -0.39 is 11.8 Å². The molecule has 0 bridgehead atoms. The number of likely N-dealkylation sites (N-methyl/N-ethyl adjacent to an activating group) is 1. The monoisotopic (exact) mass is 217 g/mol. The molecule has 5 heteroatoms. The zero-order valence-corrected chi connectivity index (χ0v) is 10.2. The molecule has 0 saturated carbocycles. The number of nitrogens with one attached hydrogen (secondary N) is 1. The van der Waals surface area contributed by atoms with E-state index in [2.05, 4.69) is 19.2 Å². The lowest BCUT2D eigenvalue weighted by molar-refractivity contribution is -0.143. The average Bonchev–Trinajstić information content (AvgIpc) is 2.21. The van der Waals surface area contributed by atoms with Crippen LogP contribution in [0.15, 0.2) is 0 Å². The molecule has 2 amide bonds. The summed E-state index contributed by atoms with van der Waals surface area (Å²) in [6.07, 6.45) is 0. The van der Waals surface area contributed by atoms with Crippen LogP contribution in [-0.4, -0.2) is 42.9 Å². The largest absolute Gasteiger partial charge is 0.361 e. The van der Waals surface area contributed by atoms with E-state index in [9.17, 15) is 9.59 Å². The first-order valence-corrected chi connectivity index (χ1v) is 5.34. The van der Waals surface area contributed by atoms with E-state index in [1.165, 1.54) is 4.90 Å². The highest BCUT2D eigenvalue weighted by molar-refractivity contribution is 6.34. The second kappa shape index (κ2) is 11.0. The zero-order valence-electron chi connectivity index (χ0n) is 10.2. The summed E-state index contributed by atoms with van der Waals surface area (Å²) in [5.41, 5.74) is 4.76. The standard InChI is InChI=1S/C6H12N2O2.C4H11N/c1-3-8(4-2)6(10)5(7)9;1-3-5-4-2/h3-4H2,1-2H3,(H2,7,9);5H,3-4H2,1-2H3. The number of hydrogen-bond acceptors (Lipinski definition) is 3. The molecular formula is C10H23N3O2. The van der Waals surface area contributed by atoms with Crippen LogP contribution in [0.5, 0.6) is 0 Å². The molecule has 0 spiro atoms. The summed E-state index contributed by atoms with van der Waals surface area (Å²) in [6, 6.07) is 0. The van der Waals surface area contributed by atoms with Gasteiger partial charge in [-0.2, -0.15) is 0 Å². The van der Waals surface area contributed by atoms with Gasteiger partial charge in [-0.1, -0.05) is 13.8 Å². The molecule has 0 fully saturated rings. The molecule has 0 radical (unpaired) electrons. The normalized spacial score (nSPS) is 8.80. The number of primary amides is 1. The van der Waals surface area contributed by atoms with Gasteiger partial charge in [-0.25, -0.2) is 0 Å². The topological polar surface area (TPSA) is 75.4 Å². The van der Waals surface area contributed by atoms with Crippen molar-refractivity contribution < 1.29 is 9.59 Å². The Morgan fingerprint density at radius 1 is 1.07 bits per heavy atom. The van der Waals surface area contributed by atoms with Crippen LogP contribution >= 0.6 is 0 Å². The maximum atomic E-state index is 10.8. The Bertz CT molecular complexity index is 178. The Morgan fingerprint density at radius 3 is 1.53 bits per heavy atom. The third-order valence-corrected chi connectivity index (χ3v) is 1.76. The molecular weight excluding hydrogens is 194 g/mol. The number of carbonyl (C=O) groups is 2. The molecule has 0 aliphatic carbocycles. The summed E-state index contributed by atoms with van der Waals surface area (Å²) in [6.45, 7) is 11.0. The van der Waals surface area contributed by atoms with Crippen LogP contribution in [0, 0.1) is 0 Å². The van der Waals surface area contributed by atoms with Crippen LogP contribution < -0.4 is 11.1 Å². The van der Waals surface area contributed by atoms with Gasteiger partial charge in [0.2, 0.25) is 0 Å². The lowest BCUT2D eigenvalue weighted by atomic mass is 10.4. The number of hydrogen-bond donors (Lipinski definition) is 2. The summed E-state index contributed by atoms with van der Waals surface area (Å²) >= 11 is 0. The van der Waals surface area contributed by atoms with E-state index in [4.69, 9.17) is 5.73 Å². The van der Waals surface area contributed by atoms with Crippen LogP contribution in [0.4, 0.5) is 0 Å². The van der Waals surface area contributed by atoms with Gasteiger partial charge in [0.05, 0.1) is 0 Å². The second-order valence-corrected chi connectivity index (χ2v) is 2.80. The summed E-state index contributed by atoms with van der Waals surface area (Å²) in [4.78, 5) is 22.4. The number of nitrogens with zero attached hydrogens (tertiary/aromatic N) is 1. The summed E-state index contributed by atoms with van der Waals surface area (Å²) in [5, 5.41) is 3.11. The number of carbonyl (C=O) groups excluding carboxylic acids is 2. The Kier molecular flexibility index (Phi) is 12.0. The van der Waals surface area contributed by atoms with Gasteiger partial charge in [0, 0.05) is 13.1 Å². The highest BCUT2D eigenvalue weighted by Crippen LogP contribution is 1.86. The predicted molar refractivity (Wildman–Crippen MR) is 61.3 cm³/mol. The van der Waals surface area contributed by atoms with E-state index in [-0.39, 0.29) is 0 Å². The Morgan fingerprint density at radius 2 is 1.47 bits per heavy atom. The number of nitrogens with two attached hydrogens (primary N) is 1. The van der Waals surface area contributed by atoms with Gasteiger partial charge in [-0.15, -0.1) is 0 Å². The first-order chi connectivity index (χ1) is 7.04. The Hall–Kier alpha value is -1.10. The second-order valence-electron chi connectivity index (χ2n) is 2.80. The van der Waals surface area contributed by atoms with Crippen molar-refractivity contribution in [3.8, 4) is 0 Å². The minimum Gasteiger partial charge on any atom is -0.361 e. The molecule has 0 heterocycles. The van der Waals surface area contributed by atoms with Crippen molar-refractivity contribution in [1.82, 2.24) is 10.2 Å². The van der Waals surface area contributed by atoms with E-state index >= 15 is 0 Å². The fraction of sp³-hybridized carbons (Fsp3) is 0.800. The molecule has 0 aromatic heterocycles. The van der Waals surface area contributed by atoms with Gasteiger partial charge in [0.25, 0.3) is 0 Å². The first kappa shape index (κ1) is 16.3. The average molecular weight is 217 g/mol. The van der Waals surface area contributed by atoms with Crippen LogP contribution in [-0.2, 0) is 9.59 Å². The Balaban J connectivity index is 0. The summed E-state index contributed by atoms with van der Waals surface area (Å²) in [7, 11) is 0. The minimum atomic E-state index is -0.885.